The van der Waals surface area contributed by atoms with Gasteiger partial charge in [0.1, 0.15) is 11.4 Å². The van der Waals surface area contributed by atoms with E-state index in [9.17, 15) is 9.18 Å². The van der Waals surface area contributed by atoms with Crippen LogP contribution >= 0.6 is 0 Å². The lowest BCUT2D eigenvalue weighted by atomic mass is 9.71. The summed E-state index contributed by atoms with van der Waals surface area (Å²) in [5, 5.41) is 0. The second kappa shape index (κ2) is 3.57. The van der Waals surface area contributed by atoms with E-state index in [0.717, 1.165) is 6.42 Å². The summed E-state index contributed by atoms with van der Waals surface area (Å²) in [6.45, 7) is 0.0761. The molecule has 1 aromatic carbocycles. The third kappa shape index (κ3) is 1.36. The molecular formula is C12H10FNO3. The Kier molecular flexibility index (Phi) is 2.16. The zero-order valence-corrected chi connectivity index (χ0v) is 9.03. The van der Waals surface area contributed by atoms with Gasteiger partial charge in [-0.3, -0.25) is 0 Å². The van der Waals surface area contributed by atoms with E-state index in [4.69, 9.17) is 9.47 Å². The first-order valence-electron chi connectivity index (χ1n) is 5.44. The maximum Gasteiger partial charge on any atom is 0.235 e. The first-order valence-corrected chi connectivity index (χ1v) is 5.44. The predicted molar refractivity (Wildman–Crippen MR) is 56.2 cm³/mol. The molecule has 0 atom stereocenters. The van der Waals surface area contributed by atoms with Crippen molar-refractivity contribution < 1.29 is 18.7 Å². The molecule has 1 aromatic rings. The van der Waals surface area contributed by atoms with Gasteiger partial charge in [0.25, 0.3) is 0 Å². The normalized spacial score (nSPS) is 19.4. The summed E-state index contributed by atoms with van der Waals surface area (Å²) in [6, 6.07) is 2.85. The Bertz CT molecular complexity index is 519. The first-order chi connectivity index (χ1) is 8.27. The highest BCUT2D eigenvalue weighted by Crippen LogP contribution is 2.52. The van der Waals surface area contributed by atoms with E-state index in [1.54, 1.807) is 0 Å². The highest BCUT2D eigenvalue weighted by Gasteiger charge is 2.45. The van der Waals surface area contributed by atoms with Crippen molar-refractivity contribution in [3.63, 3.8) is 0 Å². The second-order valence-electron chi connectivity index (χ2n) is 4.24. The number of halogens is 1. The lowest BCUT2D eigenvalue weighted by Crippen LogP contribution is -2.33. The summed E-state index contributed by atoms with van der Waals surface area (Å²) < 4.78 is 24.5. The van der Waals surface area contributed by atoms with Crippen molar-refractivity contribution in [1.82, 2.24) is 0 Å². The topological polar surface area (TPSA) is 47.9 Å². The Hall–Kier alpha value is -1.87. The fourth-order valence-electron chi connectivity index (χ4n) is 2.40. The van der Waals surface area contributed by atoms with Crippen molar-refractivity contribution in [2.45, 2.75) is 24.8 Å². The summed E-state index contributed by atoms with van der Waals surface area (Å²) in [7, 11) is 0. The minimum Gasteiger partial charge on any atom is -0.454 e. The number of ether oxygens (including phenoxy) is 2. The molecule has 0 unspecified atom stereocenters. The molecule has 4 nitrogen and oxygen atoms in total. The molecule has 0 amide bonds. The van der Waals surface area contributed by atoms with Crippen molar-refractivity contribution in [3.8, 4) is 11.5 Å². The van der Waals surface area contributed by atoms with Crippen LogP contribution in [-0.4, -0.2) is 12.9 Å². The standard InChI is InChI=1S/C12H10FNO3/c13-8-2-3-9-11(17-7-16-9)10(8)12(14-6-15)4-1-5-12/h2-3H,1,4-5,7H2. The minimum absolute atomic E-state index is 0.0761. The van der Waals surface area contributed by atoms with Gasteiger partial charge in [0.2, 0.25) is 12.9 Å². The molecule has 0 aromatic heterocycles. The molecule has 5 heteroatoms. The van der Waals surface area contributed by atoms with E-state index in [0.29, 0.717) is 29.9 Å². The van der Waals surface area contributed by atoms with E-state index in [2.05, 4.69) is 4.99 Å². The maximum absolute atomic E-state index is 14.0. The molecule has 1 heterocycles. The predicted octanol–water partition coefficient (Wildman–Crippen LogP) is 2.27. The number of rotatable bonds is 2. The highest BCUT2D eigenvalue weighted by molar-refractivity contribution is 5.54. The number of aliphatic imine (C=N–C) groups is 1. The number of benzene rings is 1. The summed E-state index contributed by atoms with van der Waals surface area (Å²) >= 11 is 0. The minimum atomic E-state index is -0.801. The van der Waals surface area contributed by atoms with Crippen LogP contribution in [0.5, 0.6) is 11.5 Å². The molecule has 2 aliphatic rings. The van der Waals surface area contributed by atoms with Gasteiger partial charge in [-0.2, -0.15) is 4.99 Å². The molecule has 1 aliphatic carbocycles. The number of hydrogen-bond donors (Lipinski definition) is 0. The largest absolute Gasteiger partial charge is 0.454 e. The Labute approximate surface area is 97.1 Å². The van der Waals surface area contributed by atoms with Crippen LogP contribution in [0.2, 0.25) is 0 Å². The highest BCUT2D eigenvalue weighted by atomic mass is 19.1. The van der Waals surface area contributed by atoms with Crippen molar-refractivity contribution >= 4 is 6.08 Å². The molecule has 1 aliphatic heterocycles. The average molecular weight is 235 g/mol. The SMILES string of the molecule is O=C=NC1(c2c(F)ccc3c2OCO3)CCC1. The van der Waals surface area contributed by atoms with E-state index in [1.807, 2.05) is 0 Å². The Morgan fingerprint density at radius 1 is 1.35 bits per heavy atom. The summed E-state index contributed by atoms with van der Waals surface area (Å²) in [5.41, 5.74) is -0.465. The molecule has 0 saturated heterocycles. The second-order valence-corrected chi connectivity index (χ2v) is 4.24. The Morgan fingerprint density at radius 3 is 2.82 bits per heavy atom. The monoisotopic (exact) mass is 235 g/mol. The van der Waals surface area contributed by atoms with Gasteiger partial charge >= 0.3 is 0 Å². The maximum atomic E-state index is 14.0. The summed E-state index contributed by atoms with van der Waals surface area (Å²) in [4.78, 5) is 14.3. The van der Waals surface area contributed by atoms with Crippen LogP contribution < -0.4 is 9.47 Å². The Morgan fingerprint density at radius 2 is 2.18 bits per heavy atom. The summed E-state index contributed by atoms with van der Waals surface area (Å²) in [6.07, 6.45) is 3.73. The molecule has 17 heavy (non-hydrogen) atoms. The van der Waals surface area contributed by atoms with E-state index in [1.165, 1.54) is 18.2 Å². The summed E-state index contributed by atoms with van der Waals surface area (Å²) in [5.74, 6) is 0.477. The molecular weight excluding hydrogens is 225 g/mol. The fraction of sp³-hybridized carbons (Fsp3) is 0.417. The van der Waals surface area contributed by atoms with Gasteiger partial charge in [-0.1, -0.05) is 0 Å². The first kappa shape index (κ1) is 10.3. The smallest absolute Gasteiger partial charge is 0.235 e. The Balaban J connectivity index is 2.20. The van der Waals surface area contributed by atoms with Crippen molar-refractivity contribution in [1.29, 1.82) is 0 Å². The van der Waals surface area contributed by atoms with Crippen LogP contribution in [0.3, 0.4) is 0 Å². The van der Waals surface area contributed by atoms with Crippen LogP contribution in [-0.2, 0) is 10.3 Å². The lowest BCUT2D eigenvalue weighted by molar-refractivity contribution is 0.168. The third-order valence-corrected chi connectivity index (χ3v) is 3.39. The fourth-order valence-corrected chi connectivity index (χ4v) is 2.40. The lowest BCUT2D eigenvalue weighted by Gasteiger charge is -2.37. The number of isocyanates is 1. The van der Waals surface area contributed by atoms with Gasteiger partial charge in [-0.25, -0.2) is 9.18 Å². The third-order valence-electron chi connectivity index (χ3n) is 3.39. The number of fused-ring (bicyclic) bond motifs is 1. The average Bonchev–Trinajstić information content (AvgIpc) is 2.72. The van der Waals surface area contributed by atoms with Crippen molar-refractivity contribution in [2.75, 3.05) is 6.79 Å². The van der Waals surface area contributed by atoms with E-state index < -0.39 is 11.4 Å². The molecule has 1 saturated carbocycles. The molecule has 0 bridgehead atoms. The van der Waals surface area contributed by atoms with Gasteiger partial charge in [-0.15, -0.1) is 0 Å². The van der Waals surface area contributed by atoms with Gasteiger partial charge in [0.15, 0.2) is 11.5 Å². The molecule has 0 radical (unpaired) electrons. The zero-order chi connectivity index (χ0) is 11.9. The van der Waals surface area contributed by atoms with Gasteiger partial charge < -0.3 is 9.47 Å². The number of carbonyl (C=O) groups excluding carboxylic acids is 1. The van der Waals surface area contributed by atoms with Crippen LogP contribution in [0.25, 0.3) is 0 Å². The van der Waals surface area contributed by atoms with Crippen LogP contribution in [0.1, 0.15) is 24.8 Å². The number of nitrogens with zero attached hydrogens (tertiary/aromatic N) is 1. The molecule has 88 valence electrons. The quantitative estimate of drug-likeness (QED) is 0.583. The van der Waals surface area contributed by atoms with Crippen LogP contribution in [0.15, 0.2) is 17.1 Å². The molecule has 3 rings (SSSR count). The van der Waals surface area contributed by atoms with Gasteiger partial charge in [-0.05, 0) is 31.4 Å². The molecule has 1 fully saturated rings. The van der Waals surface area contributed by atoms with Gasteiger partial charge in [0, 0.05) is 0 Å². The van der Waals surface area contributed by atoms with Crippen molar-refractivity contribution in [2.24, 2.45) is 4.99 Å². The van der Waals surface area contributed by atoms with Crippen LogP contribution in [0.4, 0.5) is 4.39 Å². The van der Waals surface area contributed by atoms with Gasteiger partial charge in [0.05, 0.1) is 5.56 Å². The van der Waals surface area contributed by atoms with Crippen molar-refractivity contribution in [3.05, 3.63) is 23.5 Å². The number of hydrogen-bond acceptors (Lipinski definition) is 4. The van der Waals surface area contributed by atoms with Crippen LogP contribution in [0, 0.1) is 5.82 Å². The zero-order valence-electron chi connectivity index (χ0n) is 9.03. The molecule has 0 N–H and O–H groups in total. The molecule has 0 spiro atoms. The van der Waals surface area contributed by atoms with E-state index in [-0.39, 0.29) is 6.79 Å². The van der Waals surface area contributed by atoms with E-state index >= 15 is 0 Å².